The van der Waals surface area contributed by atoms with Gasteiger partial charge < -0.3 is 14.4 Å². The first-order valence-corrected chi connectivity index (χ1v) is 8.96. The summed E-state index contributed by atoms with van der Waals surface area (Å²) < 4.78 is 11.8. The van der Waals surface area contributed by atoms with Crippen LogP contribution >= 0.6 is 0 Å². The van der Waals surface area contributed by atoms with Gasteiger partial charge in [0.1, 0.15) is 5.60 Å². The molecule has 0 atom stereocenters. The standard InChI is InChI=1S/C21H23N3O3/c1-21(2)12-17-7-3-8-18(20(17)27-21)26-15-19(25)24(11-5-9-22)14-16-6-4-10-23-13-16/h3-4,6-8,10,13H,5,11-12,14-15H2,1-2H3. The first-order valence-electron chi connectivity index (χ1n) is 8.96. The molecule has 1 aliphatic heterocycles. The summed E-state index contributed by atoms with van der Waals surface area (Å²) in [5.74, 6) is 1.11. The normalized spacial score (nSPS) is 14.0. The largest absolute Gasteiger partial charge is 0.483 e. The Morgan fingerprint density at radius 3 is 2.96 bits per heavy atom. The summed E-state index contributed by atoms with van der Waals surface area (Å²) in [6.45, 7) is 4.70. The van der Waals surface area contributed by atoms with Gasteiger partial charge in [-0.1, -0.05) is 18.2 Å². The van der Waals surface area contributed by atoms with Crippen LogP contribution in [0.4, 0.5) is 0 Å². The Kier molecular flexibility index (Phi) is 5.60. The molecule has 0 N–H and O–H groups in total. The van der Waals surface area contributed by atoms with Crippen molar-refractivity contribution < 1.29 is 14.3 Å². The van der Waals surface area contributed by atoms with Gasteiger partial charge in [0.2, 0.25) is 0 Å². The van der Waals surface area contributed by atoms with Gasteiger partial charge in [-0.15, -0.1) is 0 Å². The monoisotopic (exact) mass is 365 g/mol. The lowest BCUT2D eigenvalue weighted by molar-refractivity contribution is -0.134. The van der Waals surface area contributed by atoms with E-state index < -0.39 is 0 Å². The van der Waals surface area contributed by atoms with Gasteiger partial charge in [0.15, 0.2) is 18.1 Å². The number of fused-ring (bicyclic) bond motifs is 1. The van der Waals surface area contributed by atoms with Crippen LogP contribution in [0.15, 0.2) is 42.7 Å². The number of para-hydroxylation sites is 1. The predicted octanol–water partition coefficient (Wildman–Crippen LogP) is 3.12. The first-order chi connectivity index (χ1) is 13.0. The van der Waals surface area contributed by atoms with Crippen LogP contribution in [0.5, 0.6) is 11.5 Å². The maximum atomic E-state index is 12.7. The van der Waals surface area contributed by atoms with E-state index in [-0.39, 0.29) is 24.5 Å². The van der Waals surface area contributed by atoms with Crippen molar-refractivity contribution in [3.63, 3.8) is 0 Å². The van der Waals surface area contributed by atoms with Crippen molar-refractivity contribution in [2.24, 2.45) is 0 Å². The molecule has 1 aliphatic rings. The number of hydrogen-bond donors (Lipinski definition) is 0. The second-order valence-corrected chi connectivity index (χ2v) is 7.16. The van der Waals surface area contributed by atoms with E-state index in [1.807, 2.05) is 44.2 Å². The molecule has 6 nitrogen and oxygen atoms in total. The van der Waals surface area contributed by atoms with E-state index in [4.69, 9.17) is 14.7 Å². The number of hydrogen-bond acceptors (Lipinski definition) is 5. The summed E-state index contributed by atoms with van der Waals surface area (Å²) in [7, 11) is 0. The Morgan fingerprint density at radius 2 is 2.22 bits per heavy atom. The third-order valence-electron chi connectivity index (χ3n) is 4.35. The summed E-state index contributed by atoms with van der Waals surface area (Å²) >= 11 is 0. The van der Waals surface area contributed by atoms with Gasteiger partial charge in [-0.25, -0.2) is 0 Å². The zero-order valence-electron chi connectivity index (χ0n) is 15.6. The van der Waals surface area contributed by atoms with Crippen molar-refractivity contribution in [2.45, 2.75) is 38.8 Å². The summed E-state index contributed by atoms with van der Waals surface area (Å²) in [5.41, 5.74) is 1.72. The van der Waals surface area contributed by atoms with Gasteiger partial charge in [0, 0.05) is 37.5 Å². The van der Waals surface area contributed by atoms with Crippen LogP contribution in [0.25, 0.3) is 0 Å². The van der Waals surface area contributed by atoms with Crippen LogP contribution in [-0.4, -0.2) is 34.5 Å². The molecule has 0 unspecified atom stereocenters. The van der Waals surface area contributed by atoms with Crippen LogP contribution in [-0.2, 0) is 17.8 Å². The topological polar surface area (TPSA) is 75.5 Å². The minimum atomic E-state index is -0.273. The third kappa shape index (κ3) is 4.76. The molecule has 0 saturated carbocycles. The maximum absolute atomic E-state index is 12.7. The number of nitriles is 1. The first kappa shape index (κ1) is 18.7. The van der Waals surface area contributed by atoms with Gasteiger partial charge in [-0.3, -0.25) is 9.78 Å². The molecule has 0 bridgehead atoms. The van der Waals surface area contributed by atoms with Gasteiger partial charge in [0.05, 0.1) is 12.5 Å². The van der Waals surface area contributed by atoms with Crippen LogP contribution in [0.2, 0.25) is 0 Å². The lowest BCUT2D eigenvalue weighted by Crippen LogP contribution is -2.35. The van der Waals surface area contributed by atoms with E-state index in [0.29, 0.717) is 24.6 Å². The SMILES string of the molecule is CC1(C)Cc2cccc(OCC(=O)N(CCC#N)Cc3cccnc3)c2O1. The number of pyridine rings is 1. The zero-order valence-corrected chi connectivity index (χ0v) is 15.6. The number of nitrogens with zero attached hydrogens (tertiary/aromatic N) is 3. The van der Waals surface area contributed by atoms with Crippen molar-refractivity contribution >= 4 is 5.91 Å². The van der Waals surface area contributed by atoms with E-state index in [2.05, 4.69) is 11.1 Å². The highest BCUT2D eigenvalue weighted by Crippen LogP contribution is 2.41. The molecule has 1 aromatic carbocycles. The average molecular weight is 365 g/mol. The lowest BCUT2D eigenvalue weighted by atomic mass is 10.0. The Bertz CT molecular complexity index is 843. The maximum Gasteiger partial charge on any atom is 0.260 e. The van der Waals surface area contributed by atoms with Crippen LogP contribution in [0.1, 0.15) is 31.4 Å². The smallest absolute Gasteiger partial charge is 0.260 e. The van der Waals surface area contributed by atoms with Gasteiger partial charge in [0.25, 0.3) is 5.91 Å². The Morgan fingerprint density at radius 1 is 1.37 bits per heavy atom. The summed E-state index contributed by atoms with van der Waals surface area (Å²) in [6.07, 6.45) is 4.48. The molecular formula is C21H23N3O3. The quantitative estimate of drug-likeness (QED) is 0.753. The molecule has 27 heavy (non-hydrogen) atoms. The molecule has 1 aromatic heterocycles. The molecule has 0 radical (unpaired) electrons. The summed E-state index contributed by atoms with van der Waals surface area (Å²) in [4.78, 5) is 18.4. The molecule has 0 fully saturated rings. The number of rotatable bonds is 7. The number of amides is 1. The molecule has 140 valence electrons. The summed E-state index contributed by atoms with van der Waals surface area (Å²) in [6, 6.07) is 11.6. The van der Waals surface area contributed by atoms with Crippen molar-refractivity contribution in [1.29, 1.82) is 5.26 Å². The second kappa shape index (κ2) is 8.09. The molecule has 1 amide bonds. The van der Waals surface area contributed by atoms with Crippen molar-refractivity contribution in [1.82, 2.24) is 9.88 Å². The van der Waals surface area contributed by atoms with Crippen LogP contribution < -0.4 is 9.47 Å². The Balaban J connectivity index is 1.66. The average Bonchev–Trinajstić information content (AvgIpc) is 2.98. The van der Waals surface area contributed by atoms with Crippen LogP contribution in [0.3, 0.4) is 0 Å². The van der Waals surface area contributed by atoms with Gasteiger partial charge >= 0.3 is 0 Å². The van der Waals surface area contributed by atoms with E-state index in [1.165, 1.54) is 0 Å². The second-order valence-electron chi connectivity index (χ2n) is 7.16. The Hall–Kier alpha value is -3.07. The number of carbonyl (C=O) groups is 1. The fourth-order valence-corrected chi connectivity index (χ4v) is 3.12. The Labute approximate surface area is 159 Å². The number of aromatic nitrogens is 1. The number of carbonyl (C=O) groups excluding carboxylic acids is 1. The lowest BCUT2D eigenvalue weighted by Gasteiger charge is -2.22. The fraction of sp³-hybridized carbons (Fsp3) is 0.381. The van der Waals surface area contributed by atoms with Crippen molar-refractivity contribution in [3.8, 4) is 17.6 Å². The van der Waals surface area contributed by atoms with E-state index in [9.17, 15) is 4.79 Å². The van der Waals surface area contributed by atoms with Crippen molar-refractivity contribution in [3.05, 3.63) is 53.9 Å². The molecule has 0 aliphatic carbocycles. The van der Waals surface area contributed by atoms with E-state index in [1.54, 1.807) is 17.3 Å². The molecule has 6 heteroatoms. The molecule has 2 aromatic rings. The molecular weight excluding hydrogens is 342 g/mol. The fourth-order valence-electron chi connectivity index (χ4n) is 3.12. The molecule has 3 rings (SSSR count). The number of benzene rings is 1. The minimum Gasteiger partial charge on any atom is -0.483 e. The van der Waals surface area contributed by atoms with Crippen LogP contribution in [0, 0.1) is 11.3 Å². The van der Waals surface area contributed by atoms with Gasteiger partial charge in [-0.05, 0) is 31.5 Å². The molecule has 0 saturated heterocycles. The predicted molar refractivity (Wildman–Crippen MR) is 100 cm³/mol. The van der Waals surface area contributed by atoms with E-state index >= 15 is 0 Å². The zero-order chi connectivity index (χ0) is 19.3. The molecule has 2 heterocycles. The van der Waals surface area contributed by atoms with Crippen molar-refractivity contribution in [2.75, 3.05) is 13.2 Å². The molecule has 0 spiro atoms. The highest BCUT2D eigenvalue weighted by atomic mass is 16.5. The highest BCUT2D eigenvalue weighted by molar-refractivity contribution is 5.78. The minimum absolute atomic E-state index is 0.105. The summed E-state index contributed by atoms with van der Waals surface area (Å²) in [5, 5.41) is 8.88. The van der Waals surface area contributed by atoms with Gasteiger partial charge in [-0.2, -0.15) is 5.26 Å². The van der Waals surface area contributed by atoms with E-state index in [0.717, 1.165) is 17.5 Å². The number of ether oxygens (including phenoxy) is 2. The third-order valence-corrected chi connectivity index (χ3v) is 4.35. The highest BCUT2D eigenvalue weighted by Gasteiger charge is 2.32.